The summed E-state index contributed by atoms with van der Waals surface area (Å²) in [7, 11) is 0. The molecule has 0 saturated carbocycles. The number of hydroxylamine groups is 1. The van der Waals surface area contributed by atoms with Crippen LogP contribution in [0.3, 0.4) is 0 Å². The fraction of sp³-hybridized carbons (Fsp3) is 0.500. The van der Waals surface area contributed by atoms with Crippen LogP contribution in [0.15, 0.2) is 24.4 Å². The fourth-order valence-electron chi connectivity index (χ4n) is 2.64. The molecular weight excluding hydrogens is 351 g/mol. The van der Waals surface area contributed by atoms with Crippen LogP contribution < -0.4 is 10.8 Å². The molecule has 0 bridgehead atoms. The van der Waals surface area contributed by atoms with E-state index in [-0.39, 0.29) is 24.8 Å². The number of aromatic nitrogens is 1. The molecule has 8 heteroatoms. The summed E-state index contributed by atoms with van der Waals surface area (Å²) < 4.78 is 0. The third-order valence-corrected chi connectivity index (χ3v) is 3.57. The highest BCUT2D eigenvalue weighted by Crippen LogP contribution is 2.16. The van der Waals surface area contributed by atoms with Crippen molar-refractivity contribution in [2.24, 2.45) is 5.92 Å². The number of hydrogen-bond acceptors (Lipinski definition) is 5. The lowest BCUT2D eigenvalue weighted by atomic mass is 10.2. The molecule has 2 rings (SSSR count). The Kier molecular flexibility index (Phi) is 10.6. The predicted molar refractivity (Wildman–Crippen MR) is 101 cm³/mol. The van der Waals surface area contributed by atoms with Crippen LogP contribution in [0.25, 0.3) is 6.08 Å². The van der Waals surface area contributed by atoms with Gasteiger partial charge in [0.05, 0.1) is 0 Å². The largest absolute Gasteiger partial charge is 0.366 e. The number of carbonyl (C=O) groups is 1. The Morgan fingerprint density at radius 3 is 2.79 bits per heavy atom. The Balaban J connectivity index is 0.00000264. The molecule has 0 spiro atoms. The average Bonchev–Trinajstić information content (AvgIpc) is 2.92. The molecular formula is C16H26Cl2N4O2. The van der Waals surface area contributed by atoms with E-state index < -0.39 is 5.91 Å². The summed E-state index contributed by atoms with van der Waals surface area (Å²) in [6.45, 7) is 7.81. The van der Waals surface area contributed by atoms with Crippen molar-refractivity contribution >= 4 is 42.6 Å². The van der Waals surface area contributed by atoms with E-state index in [2.05, 4.69) is 29.0 Å². The number of halogens is 2. The molecule has 1 aromatic rings. The minimum atomic E-state index is -0.557. The first-order valence-electron chi connectivity index (χ1n) is 7.64. The molecule has 136 valence electrons. The van der Waals surface area contributed by atoms with Gasteiger partial charge in [0, 0.05) is 37.9 Å². The summed E-state index contributed by atoms with van der Waals surface area (Å²) in [5, 5.41) is 11.9. The quantitative estimate of drug-likeness (QED) is 0.404. The van der Waals surface area contributed by atoms with Gasteiger partial charge in [0.25, 0.3) is 5.91 Å². The van der Waals surface area contributed by atoms with Crippen molar-refractivity contribution < 1.29 is 10.0 Å². The first kappa shape index (κ1) is 22.7. The van der Waals surface area contributed by atoms with E-state index in [0.717, 1.165) is 37.4 Å². The highest BCUT2D eigenvalue weighted by molar-refractivity contribution is 5.90. The third kappa shape index (κ3) is 7.49. The minimum Gasteiger partial charge on any atom is -0.366 e. The van der Waals surface area contributed by atoms with E-state index in [1.807, 2.05) is 12.1 Å². The molecule has 0 unspecified atom stereocenters. The number of anilines is 1. The maximum absolute atomic E-state index is 10.9. The molecule has 1 aromatic heterocycles. The molecule has 3 N–H and O–H groups in total. The number of likely N-dealkylation sites (tertiary alicyclic amines) is 1. The lowest BCUT2D eigenvalue weighted by molar-refractivity contribution is -0.124. The summed E-state index contributed by atoms with van der Waals surface area (Å²) in [5.74, 6) is 0.984. The zero-order valence-electron chi connectivity index (χ0n) is 13.9. The van der Waals surface area contributed by atoms with Crippen molar-refractivity contribution in [2.75, 3.05) is 25.0 Å². The Labute approximate surface area is 155 Å². The van der Waals surface area contributed by atoms with E-state index in [1.54, 1.807) is 17.8 Å². The van der Waals surface area contributed by atoms with E-state index in [0.29, 0.717) is 12.0 Å². The van der Waals surface area contributed by atoms with Gasteiger partial charge in [-0.3, -0.25) is 10.0 Å². The smallest absolute Gasteiger partial charge is 0.267 e. The Morgan fingerprint density at radius 1 is 1.46 bits per heavy atom. The summed E-state index contributed by atoms with van der Waals surface area (Å²) in [5.41, 5.74) is 2.36. The van der Waals surface area contributed by atoms with Crippen LogP contribution in [-0.4, -0.2) is 46.7 Å². The van der Waals surface area contributed by atoms with Gasteiger partial charge in [-0.2, -0.15) is 0 Å². The van der Waals surface area contributed by atoms with Gasteiger partial charge in [0.1, 0.15) is 5.82 Å². The number of rotatable bonds is 6. The van der Waals surface area contributed by atoms with E-state index in [4.69, 9.17) is 5.21 Å². The molecule has 24 heavy (non-hydrogen) atoms. The van der Waals surface area contributed by atoms with Gasteiger partial charge < -0.3 is 10.2 Å². The van der Waals surface area contributed by atoms with E-state index in [9.17, 15) is 4.79 Å². The van der Waals surface area contributed by atoms with Gasteiger partial charge in [0.15, 0.2) is 0 Å². The van der Waals surface area contributed by atoms with Crippen LogP contribution in [0.1, 0.15) is 25.8 Å². The Bertz CT molecular complexity index is 523. The molecule has 1 saturated heterocycles. The van der Waals surface area contributed by atoms with E-state index >= 15 is 0 Å². The summed E-state index contributed by atoms with van der Waals surface area (Å²) >= 11 is 0. The van der Waals surface area contributed by atoms with Gasteiger partial charge in [-0.15, -0.1) is 24.8 Å². The monoisotopic (exact) mass is 376 g/mol. The van der Waals surface area contributed by atoms with Gasteiger partial charge in [-0.1, -0.05) is 13.8 Å². The number of nitrogens with one attached hydrogen (secondary N) is 2. The van der Waals surface area contributed by atoms with Crippen molar-refractivity contribution in [2.45, 2.75) is 26.3 Å². The number of amides is 1. The van der Waals surface area contributed by atoms with Crippen LogP contribution in [0.2, 0.25) is 0 Å². The van der Waals surface area contributed by atoms with Crippen LogP contribution in [0.4, 0.5) is 5.82 Å². The van der Waals surface area contributed by atoms with Crippen molar-refractivity contribution in [3.63, 3.8) is 0 Å². The minimum absolute atomic E-state index is 0. The molecule has 1 aliphatic rings. The molecule has 1 aliphatic heterocycles. The maximum Gasteiger partial charge on any atom is 0.267 e. The van der Waals surface area contributed by atoms with Crippen LogP contribution >= 0.6 is 24.8 Å². The van der Waals surface area contributed by atoms with Crippen molar-refractivity contribution in [3.05, 3.63) is 30.0 Å². The Morgan fingerprint density at radius 2 is 2.21 bits per heavy atom. The van der Waals surface area contributed by atoms with Gasteiger partial charge in [-0.25, -0.2) is 10.5 Å². The van der Waals surface area contributed by atoms with Gasteiger partial charge >= 0.3 is 0 Å². The van der Waals surface area contributed by atoms with Crippen LogP contribution in [0.5, 0.6) is 0 Å². The van der Waals surface area contributed by atoms with Crippen molar-refractivity contribution in [1.82, 2.24) is 15.4 Å². The lowest BCUT2D eigenvalue weighted by Gasteiger charge is -2.18. The predicted octanol–water partition coefficient (Wildman–Crippen LogP) is 2.59. The number of pyridine rings is 1. The van der Waals surface area contributed by atoms with Crippen LogP contribution in [0, 0.1) is 5.92 Å². The van der Waals surface area contributed by atoms with E-state index in [1.165, 1.54) is 6.08 Å². The second-order valence-corrected chi connectivity index (χ2v) is 6.07. The number of hydrogen-bond donors (Lipinski definition) is 3. The second kappa shape index (κ2) is 11.3. The molecule has 0 aromatic carbocycles. The highest BCUT2D eigenvalue weighted by atomic mass is 35.5. The number of carbonyl (C=O) groups excluding carboxylic acids is 1. The molecule has 6 nitrogen and oxygen atoms in total. The first-order chi connectivity index (χ1) is 10.6. The zero-order valence-corrected chi connectivity index (χ0v) is 15.6. The van der Waals surface area contributed by atoms with Crippen molar-refractivity contribution in [3.8, 4) is 0 Å². The highest BCUT2D eigenvalue weighted by Gasteiger charge is 2.22. The van der Waals surface area contributed by atoms with Crippen molar-refractivity contribution in [1.29, 1.82) is 0 Å². The summed E-state index contributed by atoms with van der Waals surface area (Å²) in [6, 6.07) is 4.23. The molecule has 0 radical (unpaired) electrons. The summed E-state index contributed by atoms with van der Waals surface area (Å²) in [4.78, 5) is 17.7. The Hall–Kier alpha value is -1.34. The summed E-state index contributed by atoms with van der Waals surface area (Å²) in [6.07, 6.45) is 5.68. The average molecular weight is 377 g/mol. The SMILES string of the molecule is CC(C)CN1CC[C@@H](Nc2ccc(C=CC(=O)NO)cn2)C1.Cl.Cl. The first-order valence-corrected chi connectivity index (χ1v) is 7.64. The maximum atomic E-state index is 10.9. The second-order valence-electron chi connectivity index (χ2n) is 6.07. The van der Waals surface area contributed by atoms with Gasteiger partial charge in [0.2, 0.25) is 0 Å². The topological polar surface area (TPSA) is 77.5 Å². The fourth-order valence-corrected chi connectivity index (χ4v) is 2.64. The lowest BCUT2D eigenvalue weighted by Crippen LogP contribution is -2.29. The molecule has 2 heterocycles. The molecule has 0 aliphatic carbocycles. The van der Waals surface area contributed by atoms with Gasteiger partial charge in [-0.05, 0) is 36.1 Å². The number of nitrogens with zero attached hydrogens (tertiary/aromatic N) is 2. The van der Waals surface area contributed by atoms with Crippen LogP contribution in [-0.2, 0) is 4.79 Å². The molecule has 1 atom stereocenters. The normalized spacial score (nSPS) is 17.4. The third-order valence-electron chi connectivity index (χ3n) is 3.57. The standard InChI is InChI=1S/C16H24N4O2.2ClH/c1-12(2)10-20-8-7-14(11-20)18-15-5-3-13(9-17-15)4-6-16(21)19-22;;/h3-6,9,12,14,22H,7-8,10-11H2,1-2H3,(H,17,18)(H,19,21);2*1H/t14-;;/m1../s1. The molecule has 1 amide bonds. The molecule has 1 fully saturated rings. The zero-order chi connectivity index (χ0) is 15.9.